The van der Waals surface area contributed by atoms with Gasteiger partial charge in [-0.2, -0.15) is 0 Å². The molecule has 0 heterocycles. The number of hydrogen-bond donors (Lipinski definition) is 2. The van der Waals surface area contributed by atoms with Crippen molar-refractivity contribution in [3.63, 3.8) is 0 Å². The van der Waals surface area contributed by atoms with Crippen LogP contribution in [-0.2, 0) is 0 Å². The molecule has 2 aromatic rings. The van der Waals surface area contributed by atoms with E-state index in [1.54, 1.807) is 24.3 Å². The van der Waals surface area contributed by atoms with Crippen LogP contribution in [0.2, 0.25) is 5.02 Å². The summed E-state index contributed by atoms with van der Waals surface area (Å²) in [4.78, 5) is 11.9. The van der Waals surface area contributed by atoms with Gasteiger partial charge in [0.1, 0.15) is 11.6 Å². The first-order valence-corrected chi connectivity index (χ1v) is 7.03. The standard InChI is InChI=1S/C14H11BrClFN2O2/c1-21-10-4-2-3-9(7-10)18-14(20)19-13-11(15)5-8(17)6-12(13)16/h2-7H,1H3,(H2,18,19,20). The molecular formula is C14H11BrClFN2O2. The van der Waals surface area contributed by atoms with E-state index in [2.05, 4.69) is 26.6 Å². The first-order chi connectivity index (χ1) is 9.99. The molecule has 2 aromatic carbocycles. The van der Waals surface area contributed by atoms with E-state index in [9.17, 15) is 9.18 Å². The van der Waals surface area contributed by atoms with Crippen LogP contribution in [0.1, 0.15) is 0 Å². The van der Waals surface area contributed by atoms with Crippen LogP contribution in [0.3, 0.4) is 0 Å². The van der Waals surface area contributed by atoms with E-state index in [4.69, 9.17) is 16.3 Å². The van der Waals surface area contributed by atoms with Crippen LogP contribution >= 0.6 is 27.5 Å². The molecule has 0 unspecified atom stereocenters. The summed E-state index contributed by atoms with van der Waals surface area (Å²) in [5, 5.41) is 5.29. The van der Waals surface area contributed by atoms with Crippen LogP contribution in [0.25, 0.3) is 0 Å². The molecule has 2 N–H and O–H groups in total. The summed E-state index contributed by atoms with van der Waals surface area (Å²) in [6.07, 6.45) is 0. The molecule has 0 radical (unpaired) electrons. The zero-order valence-corrected chi connectivity index (χ0v) is 13.3. The van der Waals surface area contributed by atoms with Crippen LogP contribution in [-0.4, -0.2) is 13.1 Å². The first-order valence-electron chi connectivity index (χ1n) is 5.86. The molecule has 4 nitrogen and oxygen atoms in total. The monoisotopic (exact) mass is 372 g/mol. The number of halogens is 3. The molecule has 0 saturated heterocycles. The Morgan fingerprint density at radius 2 is 2.05 bits per heavy atom. The third-order valence-electron chi connectivity index (χ3n) is 2.57. The molecule has 110 valence electrons. The van der Waals surface area contributed by atoms with Crippen molar-refractivity contribution in [1.29, 1.82) is 0 Å². The first kappa shape index (κ1) is 15.6. The van der Waals surface area contributed by atoms with Gasteiger partial charge in [-0.15, -0.1) is 0 Å². The lowest BCUT2D eigenvalue weighted by Crippen LogP contribution is -2.20. The lowest BCUT2D eigenvalue weighted by atomic mass is 10.3. The predicted molar refractivity (Wildman–Crippen MR) is 84.7 cm³/mol. The number of carbonyl (C=O) groups is 1. The highest BCUT2D eigenvalue weighted by Gasteiger charge is 2.11. The van der Waals surface area contributed by atoms with Crippen molar-refractivity contribution in [2.75, 3.05) is 17.7 Å². The summed E-state index contributed by atoms with van der Waals surface area (Å²) in [5.74, 6) is 0.124. The van der Waals surface area contributed by atoms with Gasteiger partial charge in [0.2, 0.25) is 0 Å². The van der Waals surface area contributed by atoms with Gasteiger partial charge in [0.25, 0.3) is 0 Å². The summed E-state index contributed by atoms with van der Waals surface area (Å²) in [6, 6.07) is 8.72. The van der Waals surface area contributed by atoms with Crippen molar-refractivity contribution in [3.05, 3.63) is 51.7 Å². The van der Waals surface area contributed by atoms with Gasteiger partial charge in [0.15, 0.2) is 0 Å². The third-order valence-corrected chi connectivity index (χ3v) is 3.50. The predicted octanol–water partition coefficient (Wildman–Crippen LogP) is 4.89. The van der Waals surface area contributed by atoms with Gasteiger partial charge in [-0.3, -0.25) is 0 Å². The second kappa shape index (κ2) is 6.78. The number of ether oxygens (including phenoxy) is 1. The topological polar surface area (TPSA) is 50.4 Å². The summed E-state index contributed by atoms with van der Waals surface area (Å²) >= 11 is 9.04. The Balaban J connectivity index is 2.12. The van der Waals surface area contributed by atoms with E-state index in [1.807, 2.05) is 0 Å². The van der Waals surface area contributed by atoms with Crippen molar-refractivity contribution in [2.24, 2.45) is 0 Å². The molecule has 0 aromatic heterocycles. The summed E-state index contributed by atoms with van der Waals surface area (Å²) in [5.41, 5.74) is 0.847. The molecule has 2 amide bonds. The van der Waals surface area contributed by atoms with Gasteiger partial charge in [0.05, 0.1) is 17.8 Å². The number of nitrogens with one attached hydrogen (secondary N) is 2. The fourth-order valence-corrected chi connectivity index (χ4v) is 2.54. The van der Waals surface area contributed by atoms with Crippen molar-refractivity contribution in [2.45, 2.75) is 0 Å². The molecule has 2 rings (SSSR count). The van der Waals surface area contributed by atoms with Gasteiger partial charge in [-0.1, -0.05) is 17.7 Å². The van der Waals surface area contributed by atoms with Crippen LogP contribution in [0.5, 0.6) is 5.75 Å². The molecule has 0 atom stereocenters. The highest BCUT2D eigenvalue weighted by Crippen LogP contribution is 2.31. The molecule has 0 spiro atoms. The molecule has 0 bridgehead atoms. The van der Waals surface area contributed by atoms with Crippen LogP contribution in [0.15, 0.2) is 40.9 Å². The minimum atomic E-state index is -0.502. The molecule has 0 saturated carbocycles. The number of amides is 2. The van der Waals surface area contributed by atoms with Gasteiger partial charge < -0.3 is 15.4 Å². The molecule has 0 fully saturated rings. The Morgan fingerprint density at radius 1 is 1.29 bits per heavy atom. The summed E-state index contributed by atoms with van der Waals surface area (Å²) in [7, 11) is 1.54. The quantitative estimate of drug-likeness (QED) is 0.804. The Hall–Kier alpha value is -1.79. The summed E-state index contributed by atoms with van der Waals surface area (Å²) < 4.78 is 18.5. The number of carbonyl (C=O) groups excluding carboxylic acids is 1. The Morgan fingerprint density at radius 3 is 2.71 bits per heavy atom. The largest absolute Gasteiger partial charge is 0.497 e. The van der Waals surface area contributed by atoms with Crippen molar-refractivity contribution in [1.82, 2.24) is 0 Å². The second-order valence-corrected chi connectivity index (χ2v) is 5.32. The highest BCUT2D eigenvalue weighted by atomic mass is 79.9. The molecular weight excluding hydrogens is 363 g/mol. The van der Waals surface area contributed by atoms with E-state index in [-0.39, 0.29) is 5.02 Å². The van der Waals surface area contributed by atoms with Gasteiger partial charge in [-0.25, -0.2) is 9.18 Å². The number of benzene rings is 2. The smallest absolute Gasteiger partial charge is 0.323 e. The maximum atomic E-state index is 13.1. The highest BCUT2D eigenvalue weighted by molar-refractivity contribution is 9.10. The van der Waals surface area contributed by atoms with Gasteiger partial charge in [0, 0.05) is 16.2 Å². The summed E-state index contributed by atoms with van der Waals surface area (Å²) in [6.45, 7) is 0. The van der Waals surface area contributed by atoms with E-state index in [0.717, 1.165) is 6.07 Å². The number of urea groups is 1. The van der Waals surface area contributed by atoms with E-state index < -0.39 is 11.8 Å². The van der Waals surface area contributed by atoms with Crippen molar-refractivity contribution in [3.8, 4) is 5.75 Å². The molecule has 7 heteroatoms. The van der Waals surface area contributed by atoms with E-state index in [0.29, 0.717) is 21.6 Å². The Bertz CT molecular complexity index is 659. The number of methoxy groups -OCH3 is 1. The average molecular weight is 374 g/mol. The molecule has 21 heavy (non-hydrogen) atoms. The van der Waals surface area contributed by atoms with Crippen LogP contribution in [0.4, 0.5) is 20.6 Å². The lowest BCUT2D eigenvalue weighted by Gasteiger charge is -2.11. The third kappa shape index (κ3) is 4.09. The Labute approximate surface area is 134 Å². The second-order valence-electron chi connectivity index (χ2n) is 4.06. The van der Waals surface area contributed by atoms with Gasteiger partial charge >= 0.3 is 6.03 Å². The molecule has 0 aliphatic rings. The fraction of sp³-hybridized carbons (Fsp3) is 0.0714. The zero-order valence-electron chi connectivity index (χ0n) is 10.9. The minimum Gasteiger partial charge on any atom is -0.497 e. The Kier molecular flexibility index (Phi) is 5.03. The minimum absolute atomic E-state index is 0.0997. The zero-order chi connectivity index (χ0) is 15.4. The fourth-order valence-electron chi connectivity index (χ4n) is 1.64. The van der Waals surface area contributed by atoms with E-state index in [1.165, 1.54) is 13.2 Å². The van der Waals surface area contributed by atoms with Crippen LogP contribution in [0, 0.1) is 5.82 Å². The maximum Gasteiger partial charge on any atom is 0.323 e. The number of rotatable bonds is 3. The molecule has 0 aliphatic heterocycles. The van der Waals surface area contributed by atoms with Crippen molar-refractivity contribution < 1.29 is 13.9 Å². The van der Waals surface area contributed by atoms with Crippen molar-refractivity contribution >= 4 is 44.9 Å². The van der Waals surface area contributed by atoms with Gasteiger partial charge in [-0.05, 0) is 40.2 Å². The molecule has 0 aliphatic carbocycles. The number of hydrogen-bond acceptors (Lipinski definition) is 2. The SMILES string of the molecule is COc1cccc(NC(=O)Nc2c(Cl)cc(F)cc2Br)c1. The lowest BCUT2D eigenvalue weighted by molar-refractivity contribution is 0.262. The van der Waals surface area contributed by atoms with Crippen LogP contribution < -0.4 is 15.4 Å². The van der Waals surface area contributed by atoms with E-state index >= 15 is 0 Å². The number of anilines is 2. The normalized spacial score (nSPS) is 10.1. The maximum absolute atomic E-state index is 13.1. The average Bonchev–Trinajstić information content (AvgIpc) is 2.43.